The van der Waals surface area contributed by atoms with E-state index < -0.39 is 21.5 Å². The lowest BCUT2D eigenvalue weighted by atomic mass is 9.63. The van der Waals surface area contributed by atoms with Gasteiger partial charge in [-0.05, 0) is 42.5 Å². The Kier molecular flexibility index (Phi) is 6.26. The molecule has 0 bridgehead atoms. The first-order chi connectivity index (χ1) is 15.8. The molecule has 4 rings (SSSR count). The molecule has 1 amide bonds. The minimum atomic E-state index is -4.00. The van der Waals surface area contributed by atoms with Crippen molar-refractivity contribution in [2.75, 3.05) is 0 Å². The molecule has 0 unspecified atom stereocenters. The van der Waals surface area contributed by atoms with E-state index in [1.807, 2.05) is 79.7 Å². The lowest BCUT2D eigenvalue weighted by Crippen LogP contribution is -2.72. The van der Waals surface area contributed by atoms with Gasteiger partial charge < -0.3 is 0 Å². The van der Waals surface area contributed by atoms with Crippen LogP contribution in [0.3, 0.4) is 0 Å². The zero-order valence-corrected chi connectivity index (χ0v) is 20.0. The summed E-state index contributed by atoms with van der Waals surface area (Å²) in [5.74, 6) is -0.170. The van der Waals surface area contributed by atoms with Crippen LogP contribution < -0.4 is 0 Å². The summed E-state index contributed by atoms with van der Waals surface area (Å²) in [5.41, 5.74) is 1.83. The molecule has 0 radical (unpaired) electrons. The molecule has 1 heterocycles. The minimum absolute atomic E-state index is 0.130. The molecule has 0 N–H and O–H groups in total. The molecule has 2 atom stereocenters. The highest BCUT2D eigenvalue weighted by atomic mass is 32.2. The summed E-state index contributed by atoms with van der Waals surface area (Å²) in [4.78, 5) is 14.0. The maximum Gasteiger partial charge on any atom is 0.267 e. The number of carbonyl (C=O) groups is 1. The fraction of sp³-hybridized carbons (Fsp3) is 0.250. The Labute approximate surface area is 196 Å². The van der Waals surface area contributed by atoms with Crippen molar-refractivity contribution in [3.05, 3.63) is 108 Å². The van der Waals surface area contributed by atoms with Gasteiger partial charge in [0.15, 0.2) is 0 Å². The van der Waals surface area contributed by atoms with Crippen molar-refractivity contribution in [2.24, 2.45) is 5.92 Å². The number of aryl methyl sites for hydroxylation is 1. The summed E-state index contributed by atoms with van der Waals surface area (Å²) < 4.78 is 28.3. The maximum atomic E-state index is 13.8. The number of amides is 1. The smallest absolute Gasteiger partial charge is 0.267 e. The third-order valence-electron chi connectivity index (χ3n) is 6.21. The number of benzene rings is 3. The topological polar surface area (TPSA) is 54.5 Å². The fourth-order valence-corrected chi connectivity index (χ4v) is 6.31. The highest BCUT2D eigenvalue weighted by Gasteiger charge is 2.64. The van der Waals surface area contributed by atoms with Crippen LogP contribution in [0.15, 0.2) is 95.9 Å². The monoisotopic (exact) mass is 459 g/mol. The van der Waals surface area contributed by atoms with E-state index in [0.29, 0.717) is 6.42 Å². The van der Waals surface area contributed by atoms with Crippen LogP contribution >= 0.6 is 0 Å². The van der Waals surface area contributed by atoms with E-state index in [1.54, 1.807) is 24.3 Å². The van der Waals surface area contributed by atoms with Crippen LogP contribution in [0.2, 0.25) is 0 Å². The first-order valence-electron chi connectivity index (χ1n) is 11.2. The zero-order chi connectivity index (χ0) is 23.6. The van der Waals surface area contributed by atoms with Gasteiger partial charge in [-0.1, -0.05) is 104 Å². The predicted molar refractivity (Wildman–Crippen MR) is 132 cm³/mol. The van der Waals surface area contributed by atoms with Crippen LogP contribution in [-0.4, -0.2) is 24.7 Å². The number of rotatable bonds is 7. The standard InChI is InChI=1S/C28H29NO3S/c1-21(2)20-28(24-12-8-5-9-13-24)26(19-16-23-10-6-4-7-11-23)29(27(28)30)33(31,32)25-17-14-22(3)15-18-25/h4-19,21,26H,20H2,1-3H3/b19-16+/t26-,28+/m0/s1. The Morgan fingerprint density at radius 1 is 0.909 bits per heavy atom. The van der Waals surface area contributed by atoms with Crippen LogP contribution in [0.5, 0.6) is 0 Å². The van der Waals surface area contributed by atoms with Gasteiger partial charge in [-0.15, -0.1) is 0 Å². The molecule has 0 aromatic heterocycles. The summed E-state index contributed by atoms with van der Waals surface area (Å²) in [7, 11) is -4.00. The van der Waals surface area contributed by atoms with E-state index in [1.165, 1.54) is 0 Å². The van der Waals surface area contributed by atoms with E-state index in [9.17, 15) is 13.2 Å². The molecule has 4 nitrogen and oxygen atoms in total. The number of hydrogen-bond donors (Lipinski definition) is 0. The van der Waals surface area contributed by atoms with E-state index in [4.69, 9.17) is 0 Å². The minimum Gasteiger partial charge on any atom is -0.273 e. The predicted octanol–water partition coefficient (Wildman–Crippen LogP) is 5.59. The third-order valence-corrected chi connectivity index (χ3v) is 7.99. The van der Waals surface area contributed by atoms with Gasteiger partial charge in [0.05, 0.1) is 10.9 Å². The summed E-state index contributed by atoms with van der Waals surface area (Å²) >= 11 is 0. The fourth-order valence-electron chi connectivity index (χ4n) is 4.67. The Morgan fingerprint density at radius 3 is 2.06 bits per heavy atom. The second kappa shape index (κ2) is 8.99. The lowest BCUT2D eigenvalue weighted by molar-refractivity contribution is -0.149. The molecule has 0 spiro atoms. The van der Waals surface area contributed by atoms with Gasteiger partial charge >= 0.3 is 0 Å². The van der Waals surface area contributed by atoms with Gasteiger partial charge in [0.1, 0.15) is 5.41 Å². The molecular formula is C28H29NO3S. The van der Waals surface area contributed by atoms with Crippen LogP contribution in [-0.2, 0) is 20.2 Å². The highest BCUT2D eigenvalue weighted by molar-refractivity contribution is 7.89. The van der Waals surface area contributed by atoms with E-state index in [-0.39, 0.29) is 16.7 Å². The van der Waals surface area contributed by atoms with E-state index >= 15 is 0 Å². The number of hydrogen-bond acceptors (Lipinski definition) is 3. The second-order valence-electron chi connectivity index (χ2n) is 9.07. The molecule has 3 aromatic rings. The number of β-lactam (4-membered cyclic amide) rings is 1. The SMILES string of the molecule is Cc1ccc(S(=O)(=O)N2C(=O)[C@](CC(C)C)(c3ccccc3)[C@@H]2/C=C/c2ccccc2)cc1. The number of nitrogens with zero attached hydrogens (tertiary/aromatic N) is 1. The van der Waals surface area contributed by atoms with Gasteiger partial charge in [-0.2, -0.15) is 0 Å². The molecule has 1 aliphatic rings. The van der Waals surface area contributed by atoms with Crippen LogP contribution in [0.1, 0.15) is 37.0 Å². The Morgan fingerprint density at radius 2 is 1.48 bits per heavy atom. The van der Waals surface area contributed by atoms with Gasteiger partial charge in [0.2, 0.25) is 5.91 Å². The zero-order valence-electron chi connectivity index (χ0n) is 19.2. The van der Waals surface area contributed by atoms with Crippen molar-refractivity contribution in [3.63, 3.8) is 0 Å². The quantitative estimate of drug-likeness (QED) is 0.433. The Hall–Kier alpha value is -3.18. The van der Waals surface area contributed by atoms with E-state index in [0.717, 1.165) is 21.0 Å². The van der Waals surface area contributed by atoms with Gasteiger partial charge in [0.25, 0.3) is 10.0 Å². The molecule has 170 valence electrons. The maximum absolute atomic E-state index is 13.8. The molecule has 1 fully saturated rings. The highest BCUT2D eigenvalue weighted by Crippen LogP contribution is 2.50. The third kappa shape index (κ3) is 4.13. The molecule has 0 aliphatic carbocycles. The largest absolute Gasteiger partial charge is 0.273 e. The van der Waals surface area contributed by atoms with Gasteiger partial charge in [0, 0.05) is 0 Å². The number of carbonyl (C=O) groups excluding carboxylic acids is 1. The Balaban J connectivity index is 1.85. The summed E-state index contributed by atoms with van der Waals surface area (Å²) in [6.45, 7) is 6.03. The van der Waals surface area contributed by atoms with Crippen molar-refractivity contribution < 1.29 is 13.2 Å². The van der Waals surface area contributed by atoms with E-state index in [2.05, 4.69) is 13.8 Å². The first-order valence-corrected chi connectivity index (χ1v) is 12.6. The van der Waals surface area contributed by atoms with Crippen LogP contribution in [0.25, 0.3) is 6.08 Å². The molecule has 1 saturated heterocycles. The van der Waals surface area contributed by atoms with Crippen molar-refractivity contribution in [1.82, 2.24) is 4.31 Å². The van der Waals surface area contributed by atoms with Crippen molar-refractivity contribution >= 4 is 22.0 Å². The average molecular weight is 460 g/mol. The molecule has 1 aliphatic heterocycles. The average Bonchev–Trinajstić information content (AvgIpc) is 2.81. The summed E-state index contributed by atoms with van der Waals surface area (Å²) in [6, 6.07) is 25.3. The van der Waals surface area contributed by atoms with Gasteiger partial charge in [-0.3, -0.25) is 4.79 Å². The van der Waals surface area contributed by atoms with Gasteiger partial charge in [-0.25, -0.2) is 12.7 Å². The molecule has 5 heteroatoms. The molecular weight excluding hydrogens is 430 g/mol. The Bertz CT molecular complexity index is 1250. The molecule has 3 aromatic carbocycles. The first kappa shape index (κ1) is 23.0. The summed E-state index contributed by atoms with van der Waals surface area (Å²) in [5, 5.41) is 0. The molecule has 33 heavy (non-hydrogen) atoms. The van der Waals surface area contributed by atoms with Crippen LogP contribution in [0.4, 0.5) is 0 Å². The van der Waals surface area contributed by atoms with Crippen molar-refractivity contribution in [3.8, 4) is 0 Å². The number of sulfonamides is 1. The lowest BCUT2D eigenvalue weighted by Gasteiger charge is -2.55. The summed E-state index contributed by atoms with van der Waals surface area (Å²) in [6.07, 6.45) is 4.34. The van der Waals surface area contributed by atoms with Crippen molar-refractivity contribution in [1.29, 1.82) is 0 Å². The second-order valence-corrected chi connectivity index (χ2v) is 10.9. The van der Waals surface area contributed by atoms with Crippen LogP contribution in [0, 0.1) is 12.8 Å². The molecule has 0 saturated carbocycles. The normalized spacial score (nSPS) is 20.9. The van der Waals surface area contributed by atoms with Crippen molar-refractivity contribution in [2.45, 2.75) is 43.5 Å².